The maximum atomic E-state index is 12.3. The first-order valence-electron chi connectivity index (χ1n) is 7.53. The fourth-order valence-electron chi connectivity index (χ4n) is 2.57. The Bertz CT molecular complexity index is 989. The number of pyridine rings is 1. The molecule has 0 aliphatic carbocycles. The summed E-state index contributed by atoms with van der Waals surface area (Å²) < 4.78 is 1.72. The van der Waals surface area contributed by atoms with Gasteiger partial charge in [-0.25, -0.2) is 0 Å². The fraction of sp³-hybridized carbons (Fsp3) is 0.105. The van der Waals surface area contributed by atoms with Crippen LogP contribution in [0.4, 0.5) is 5.69 Å². The van der Waals surface area contributed by atoms with Gasteiger partial charge in [-0.15, -0.1) is 0 Å². The van der Waals surface area contributed by atoms with Crippen LogP contribution in [0, 0.1) is 0 Å². The molecule has 0 aliphatic rings. The molecule has 0 spiro atoms. The van der Waals surface area contributed by atoms with E-state index in [2.05, 4.69) is 5.32 Å². The topological polar surface area (TPSA) is 68.2 Å². The lowest BCUT2D eigenvalue weighted by Gasteiger charge is -2.11. The highest BCUT2D eigenvalue weighted by Gasteiger charge is 2.08. The first kappa shape index (κ1) is 15.7. The highest BCUT2D eigenvalue weighted by molar-refractivity contribution is 5.97. The smallest absolute Gasteiger partial charge is 0.244 e. The standard InChI is InChI=1S/C19H16N2O3/c1-13(22)14-5-4-6-15(11-14)20-19(24)12-21-10-9-18(23)16-7-2-3-8-17(16)21/h2-11H,12H2,1H3,(H,20,24). The Kier molecular flexibility index (Phi) is 4.24. The number of hydrogen-bond acceptors (Lipinski definition) is 3. The Morgan fingerprint density at radius 2 is 1.83 bits per heavy atom. The van der Waals surface area contributed by atoms with Crippen LogP contribution < -0.4 is 10.7 Å². The number of rotatable bonds is 4. The molecule has 0 bridgehead atoms. The molecule has 5 nitrogen and oxygen atoms in total. The van der Waals surface area contributed by atoms with Crippen molar-refractivity contribution in [2.24, 2.45) is 0 Å². The molecule has 3 rings (SSSR count). The molecule has 3 aromatic rings. The summed E-state index contributed by atoms with van der Waals surface area (Å²) in [6, 6.07) is 15.4. The van der Waals surface area contributed by atoms with Crippen LogP contribution in [0.25, 0.3) is 10.9 Å². The second-order valence-electron chi connectivity index (χ2n) is 5.51. The molecule has 1 amide bonds. The second kappa shape index (κ2) is 6.50. The molecule has 24 heavy (non-hydrogen) atoms. The summed E-state index contributed by atoms with van der Waals surface area (Å²) in [6.07, 6.45) is 1.61. The van der Waals surface area contributed by atoms with Gasteiger partial charge in [0.15, 0.2) is 11.2 Å². The van der Waals surface area contributed by atoms with Crippen LogP contribution in [0.2, 0.25) is 0 Å². The van der Waals surface area contributed by atoms with E-state index in [4.69, 9.17) is 0 Å². The van der Waals surface area contributed by atoms with E-state index >= 15 is 0 Å². The average molecular weight is 320 g/mol. The molecule has 0 unspecified atom stereocenters. The van der Waals surface area contributed by atoms with E-state index in [1.807, 2.05) is 6.07 Å². The van der Waals surface area contributed by atoms with Crippen LogP contribution in [0.3, 0.4) is 0 Å². The van der Waals surface area contributed by atoms with Gasteiger partial charge >= 0.3 is 0 Å². The number of fused-ring (bicyclic) bond motifs is 1. The molecular weight excluding hydrogens is 304 g/mol. The molecule has 1 aromatic heterocycles. The number of nitrogens with zero attached hydrogens (tertiary/aromatic N) is 1. The molecule has 2 aromatic carbocycles. The number of carbonyl (C=O) groups excluding carboxylic acids is 2. The molecule has 1 heterocycles. The third kappa shape index (κ3) is 3.25. The third-order valence-corrected chi connectivity index (χ3v) is 3.75. The molecule has 0 atom stereocenters. The maximum absolute atomic E-state index is 12.3. The minimum absolute atomic E-state index is 0.0579. The number of nitrogens with one attached hydrogen (secondary N) is 1. The van der Waals surface area contributed by atoms with Crippen LogP contribution in [-0.2, 0) is 11.3 Å². The largest absolute Gasteiger partial charge is 0.338 e. The maximum Gasteiger partial charge on any atom is 0.244 e. The number of carbonyl (C=O) groups is 2. The molecule has 0 saturated carbocycles. The number of aromatic nitrogens is 1. The van der Waals surface area contributed by atoms with Crippen LogP contribution in [0.15, 0.2) is 65.6 Å². The summed E-state index contributed by atoms with van der Waals surface area (Å²) in [5.74, 6) is -0.290. The van der Waals surface area contributed by atoms with E-state index in [9.17, 15) is 14.4 Å². The summed E-state index contributed by atoms with van der Waals surface area (Å²) in [7, 11) is 0. The van der Waals surface area contributed by atoms with Gasteiger partial charge in [-0.05, 0) is 31.2 Å². The van der Waals surface area contributed by atoms with Gasteiger partial charge in [0.2, 0.25) is 5.91 Å². The highest BCUT2D eigenvalue weighted by Crippen LogP contribution is 2.13. The Morgan fingerprint density at radius 1 is 1.04 bits per heavy atom. The Morgan fingerprint density at radius 3 is 2.62 bits per heavy atom. The molecule has 120 valence electrons. The van der Waals surface area contributed by atoms with Crippen molar-refractivity contribution in [1.29, 1.82) is 0 Å². The van der Waals surface area contributed by atoms with E-state index in [1.165, 1.54) is 13.0 Å². The number of ketones is 1. The monoisotopic (exact) mass is 320 g/mol. The lowest BCUT2D eigenvalue weighted by molar-refractivity contribution is -0.116. The number of hydrogen-bond donors (Lipinski definition) is 1. The quantitative estimate of drug-likeness (QED) is 0.752. The van der Waals surface area contributed by atoms with Crippen molar-refractivity contribution in [1.82, 2.24) is 4.57 Å². The van der Waals surface area contributed by atoms with Gasteiger partial charge in [-0.1, -0.05) is 24.3 Å². The van der Waals surface area contributed by atoms with E-state index in [0.717, 1.165) is 0 Å². The van der Waals surface area contributed by atoms with Gasteiger partial charge in [0, 0.05) is 28.9 Å². The second-order valence-corrected chi connectivity index (χ2v) is 5.51. The first-order chi connectivity index (χ1) is 11.5. The van der Waals surface area contributed by atoms with E-state index in [-0.39, 0.29) is 23.7 Å². The summed E-state index contributed by atoms with van der Waals surface area (Å²) in [5, 5.41) is 3.35. The van der Waals surface area contributed by atoms with Crippen molar-refractivity contribution in [3.63, 3.8) is 0 Å². The molecule has 0 saturated heterocycles. The number of amides is 1. The van der Waals surface area contributed by atoms with E-state index < -0.39 is 0 Å². The minimum atomic E-state index is -0.232. The van der Waals surface area contributed by atoms with Gasteiger partial charge in [0.25, 0.3) is 0 Å². The van der Waals surface area contributed by atoms with Gasteiger partial charge in [-0.3, -0.25) is 14.4 Å². The normalized spacial score (nSPS) is 10.5. The van der Waals surface area contributed by atoms with Crippen LogP contribution in [-0.4, -0.2) is 16.3 Å². The fourth-order valence-corrected chi connectivity index (χ4v) is 2.57. The summed E-state index contributed by atoms with van der Waals surface area (Å²) in [5.41, 5.74) is 1.74. The van der Waals surface area contributed by atoms with E-state index in [1.54, 1.807) is 53.2 Å². The number of para-hydroxylation sites is 1. The lowest BCUT2D eigenvalue weighted by Crippen LogP contribution is -2.20. The SMILES string of the molecule is CC(=O)c1cccc(NC(=O)Cn2ccc(=O)c3ccccc32)c1. The van der Waals surface area contributed by atoms with Crippen molar-refractivity contribution >= 4 is 28.3 Å². The van der Waals surface area contributed by atoms with Crippen molar-refractivity contribution < 1.29 is 9.59 Å². The summed E-state index contributed by atoms with van der Waals surface area (Å²) in [6.45, 7) is 1.55. The van der Waals surface area contributed by atoms with Crippen LogP contribution >= 0.6 is 0 Å². The highest BCUT2D eigenvalue weighted by atomic mass is 16.2. The zero-order valence-electron chi connectivity index (χ0n) is 13.2. The molecule has 0 aliphatic heterocycles. The minimum Gasteiger partial charge on any atom is -0.338 e. The summed E-state index contributed by atoms with van der Waals surface area (Å²) in [4.78, 5) is 35.6. The predicted octanol–water partition coefficient (Wildman–Crippen LogP) is 2.84. The van der Waals surface area contributed by atoms with Gasteiger partial charge in [0.05, 0.1) is 5.52 Å². The van der Waals surface area contributed by atoms with Crippen molar-refractivity contribution in [2.75, 3.05) is 5.32 Å². The van der Waals surface area contributed by atoms with Gasteiger partial charge in [-0.2, -0.15) is 0 Å². The van der Waals surface area contributed by atoms with E-state index in [0.29, 0.717) is 22.2 Å². The van der Waals surface area contributed by atoms with Crippen LogP contribution in [0.5, 0.6) is 0 Å². The number of anilines is 1. The van der Waals surface area contributed by atoms with Gasteiger partial charge < -0.3 is 9.88 Å². The molecule has 0 fully saturated rings. The Balaban J connectivity index is 1.83. The zero-order valence-corrected chi connectivity index (χ0v) is 13.2. The molecule has 5 heteroatoms. The van der Waals surface area contributed by atoms with Gasteiger partial charge in [0.1, 0.15) is 6.54 Å². The predicted molar refractivity (Wildman–Crippen MR) is 93.3 cm³/mol. The molecular formula is C19H16N2O3. The molecule has 1 N–H and O–H groups in total. The Labute approximate surface area is 138 Å². The van der Waals surface area contributed by atoms with Crippen LogP contribution in [0.1, 0.15) is 17.3 Å². The van der Waals surface area contributed by atoms with Crippen molar-refractivity contribution in [2.45, 2.75) is 13.5 Å². The number of Topliss-reactive ketones (excluding diaryl/α,β-unsaturated/α-hetero) is 1. The lowest BCUT2D eigenvalue weighted by atomic mass is 10.1. The summed E-state index contributed by atoms with van der Waals surface area (Å²) >= 11 is 0. The molecule has 0 radical (unpaired) electrons. The Hall–Kier alpha value is -3.21. The average Bonchev–Trinajstić information content (AvgIpc) is 2.58. The zero-order chi connectivity index (χ0) is 17.1. The third-order valence-electron chi connectivity index (χ3n) is 3.75. The number of benzene rings is 2. The van der Waals surface area contributed by atoms with Crippen molar-refractivity contribution in [3.8, 4) is 0 Å². The first-order valence-corrected chi connectivity index (χ1v) is 7.53. The van der Waals surface area contributed by atoms with Crippen molar-refractivity contribution in [3.05, 3.63) is 76.6 Å².